The third-order valence-corrected chi connectivity index (χ3v) is 5.66. The molecule has 3 rings (SSSR count). The van der Waals surface area contributed by atoms with Gasteiger partial charge in [-0.05, 0) is 45.1 Å². The molecule has 10 nitrogen and oxygen atoms in total. The zero-order chi connectivity index (χ0) is 26.1. The minimum Gasteiger partial charge on any atom is -0.490 e. The topological polar surface area (TPSA) is 112 Å². The second kappa shape index (κ2) is 13.2. The lowest BCUT2D eigenvalue weighted by molar-refractivity contribution is 0.0951. The zero-order valence-corrected chi connectivity index (χ0v) is 22.7. The van der Waals surface area contributed by atoms with Gasteiger partial charge < -0.3 is 24.8 Å². The number of amides is 1. The molecule has 0 bridgehead atoms. The van der Waals surface area contributed by atoms with E-state index in [4.69, 9.17) is 14.2 Å². The van der Waals surface area contributed by atoms with Crippen molar-refractivity contribution in [3.63, 3.8) is 0 Å². The first-order chi connectivity index (χ1) is 17.4. The van der Waals surface area contributed by atoms with E-state index in [0.717, 1.165) is 23.4 Å². The summed E-state index contributed by atoms with van der Waals surface area (Å²) in [6.07, 6.45) is 3.71. The summed E-state index contributed by atoms with van der Waals surface area (Å²) in [4.78, 5) is 22.2. The molecule has 0 fully saturated rings. The van der Waals surface area contributed by atoms with E-state index < -0.39 is 0 Å². The lowest BCUT2D eigenvalue weighted by atomic mass is 10.1. The maximum absolute atomic E-state index is 13.0. The highest BCUT2D eigenvalue weighted by Crippen LogP contribution is 2.39. The molecule has 11 heteroatoms. The molecule has 0 unspecified atom stereocenters. The van der Waals surface area contributed by atoms with E-state index in [2.05, 4.69) is 39.5 Å². The van der Waals surface area contributed by atoms with Crippen LogP contribution in [0.1, 0.15) is 45.0 Å². The Hall–Kier alpha value is -3.21. The van der Waals surface area contributed by atoms with Crippen LogP contribution >= 0.6 is 11.8 Å². The molecule has 2 N–H and O–H groups in total. The fourth-order valence-corrected chi connectivity index (χ4v) is 3.88. The lowest BCUT2D eigenvalue weighted by Gasteiger charge is -2.17. The quantitative estimate of drug-likeness (QED) is 0.240. The van der Waals surface area contributed by atoms with Crippen LogP contribution < -0.4 is 24.8 Å². The highest BCUT2D eigenvalue weighted by Gasteiger charge is 2.19. The summed E-state index contributed by atoms with van der Waals surface area (Å²) >= 11 is 1.48. The average Bonchev–Trinajstić information content (AvgIpc) is 3.27. The van der Waals surface area contributed by atoms with Crippen molar-refractivity contribution < 1.29 is 19.0 Å². The van der Waals surface area contributed by atoms with Crippen LogP contribution in [0.3, 0.4) is 0 Å². The first kappa shape index (κ1) is 27.4. The van der Waals surface area contributed by atoms with Crippen LogP contribution in [0.2, 0.25) is 0 Å². The summed E-state index contributed by atoms with van der Waals surface area (Å²) in [6.45, 7) is 12.9. The van der Waals surface area contributed by atoms with Gasteiger partial charge in [0.05, 0.1) is 37.9 Å². The molecular weight excluding hydrogens is 480 g/mol. The maximum Gasteiger partial charge on any atom is 0.251 e. The molecule has 0 spiro atoms. The number of rotatable bonds is 14. The lowest BCUT2D eigenvalue weighted by Crippen LogP contribution is -2.27. The van der Waals surface area contributed by atoms with Gasteiger partial charge in [-0.3, -0.25) is 4.79 Å². The van der Waals surface area contributed by atoms with Crippen molar-refractivity contribution in [2.24, 2.45) is 5.92 Å². The van der Waals surface area contributed by atoms with E-state index in [1.807, 2.05) is 27.0 Å². The van der Waals surface area contributed by atoms with Gasteiger partial charge in [0.2, 0.25) is 5.75 Å². The van der Waals surface area contributed by atoms with Gasteiger partial charge >= 0.3 is 0 Å². The molecule has 0 saturated carbocycles. The molecule has 1 amide bonds. The van der Waals surface area contributed by atoms with Gasteiger partial charge in [0, 0.05) is 18.7 Å². The Morgan fingerprint density at radius 2 is 1.72 bits per heavy atom. The molecule has 3 aromatic rings. The Bertz CT molecular complexity index is 1140. The summed E-state index contributed by atoms with van der Waals surface area (Å²) in [5.74, 6) is 2.48. The predicted molar refractivity (Wildman–Crippen MR) is 143 cm³/mol. The number of carbonyl (C=O) groups excluding carboxylic acids is 1. The fourth-order valence-electron chi connectivity index (χ4n) is 3.52. The van der Waals surface area contributed by atoms with Gasteiger partial charge in [0.25, 0.3) is 5.91 Å². The zero-order valence-electron chi connectivity index (χ0n) is 21.9. The number of anilines is 1. The van der Waals surface area contributed by atoms with E-state index in [0.29, 0.717) is 66.8 Å². The van der Waals surface area contributed by atoms with Crippen LogP contribution in [0.5, 0.6) is 17.2 Å². The van der Waals surface area contributed by atoms with E-state index in [1.165, 1.54) is 11.8 Å². The molecular formula is C25H36N6O4S. The normalized spacial score (nSPS) is 11.1. The molecule has 0 aliphatic carbocycles. The predicted octanol–water partition coefficient (Wildman–Crippen LogP) is 4.24. The number of aromatic nitrogens is 4. The Balaban J connectivity index is 1.76. The van der Waals surface area contributed by atoms with E-state index in [1.54, 1.807) is 23.0 Å². The van der Waals surface area contributed by atoms with Crippen LogP contribution in [0, 0.1) is 5.92 Å². The van der Waals surface area contributed by atoms with Crippen molar-refractivity contribution in [1.29, 1.82) is 0 Å². The summed E-state index contributed by atoms with van der Waals surface area (Å²) in [7, 11) is 0. The van der Waals surface area contributed by atoms with E-state index >= 15 is 0 Å². The summed E-state index contributed by atoms with van der Waals surface area (Å²) in [6, 6.07) is 3.36. The van der Waals surface area contributed by atoms with Crippen LogP contribution in [0.25, 0.3) is 11.0 Å². The van der Waals surface area contributed by atoms with Crippen LogP contribution in [0.15, 0.2) is 23.5 Å². The van der Waals surface area contributed by atoms with Crippen molar-refractivity contribution in [3.05, 3.63) is 23.9 Å². The number of hydrogen-bond acceptors (Lipinski definition) is 9. The number of carbonyl (C=O) groups is 1. The van der Waals surface area contributed by atoms with Gasteiger partial charge in [-0.25, -0.2) is 14.6 Å². The molecule has 0 radical (unpaired) electrons. The molecule has 196 valence electrons. The van der Waals surface area contributed by atoms with Crippen LogP contribution in [-0.4, -0.2) is 64.8 Å². The maximum atomic E-state index is 13.0. The largest absolute Gasteiger partial charge is 0.490 e. The number of thioether (sulfide) groups is 1. The fraction of sp³-hybridized carbons (Fsp3) is 0.520. The molecule has 0 saturated heterocycles. The number of benzene rings is 1. The minimum absolute atomic E-state index is 0.241. The highest BCUT2D eigenvalue weighted by atomic mass is 32.2. The molecule has 0 aliphatic rings. The minimum atomic E-state index is -0.241. The molecule has 1 aromatic carbocycles. The van der Waals surface area contributed by atoms with Gasteiger partial charge in [-0.2, -0.15) is 5.10 Å². The van der Waals surface area contributed by atoms with Gasteiger partial charge in [0.1, 0.15) is 5.82 Å². The summed E-state index contributed by atoms with van der Waals surface area (Å²) < 4.78 is 19.0. The standard InChI is InChI=1S/C25H36N6O4S/c1-7-33-19-12-17(13-20(34-8-2)21(19)35-9-3)24(32)26-10-11-31-23-18(15-28-31)22(27-14-16(4)5)29-25(30-23)36-6/h12-13,15-16H,7-11,14H2,1-6H3,(H,26,32)(H,27,29,30). The van der Waals surface area contributed by atoms with Crippen molar-refractivity contribution in [3.8, 4) is 17.2 Å². The third kappa shape index (κ3) is 6.71. The molecule has 0 aliphatic heterocycles. The second-order valence-electron chi connectivity index (χ2n) is 8.30. The third-order valence-electron chi connectivity index (χ3n) is 5.12. The van der Waals surface area contributed by atoms with Crippen LogP contribution in [0.4, 0.5) is 5.82 Å². The first-order valence-electron chi connectivity index (χ1n) is 12.3. The second-order valence-corrected chi connectivity index (χ2v) is 9.07. The van der Waals surface area contributed by atoms with Gasteiger partial charge in [-0.15, -0.1) is 0 Å². The number of fused-ring (bicyclic) bond motifs is 1. The summed E-state index contributed by atoms with van der Waals surface area (Å²) in [5.41, 5.74) is 1.16. The molecule has 0 atom stereocenters. The smallest absolute Gasteiger partial charge is 0.251 e. The monoisotopic (exact) mass is 516 g/mol. The molecule has 2 heterocycles. The van der Waals surface area contributed by atoms with Crippen LogP contribution in [-0.2, 0) is 6.54 Å². The molecule has 2 aromatic heterocycles. The van der Waals surface area contributed by atoms with E-state index in [-0.39, 0.29) is 5.91 Å². The van der Waals surface area contributed by atoms with Crippen molar-refractivity contribution in [1.82, 2.24) is 25.1 Å². The van der Waals surface area contributed by atoms with Crippen molar-refractivity contribution >= 4 is 34.5 Å². The molecule has 36 heavy (non-hydrogen) atoms. The average molecular weight is 517 g/mol. The Morgan fingerprint density at radius 1 is 1.06 bits per heavy atom. The number of nitrogens with one attached hydrogen (secondary N) is 2. The Morgan fingerprint density at radius 3 is 2.31 bits per heavy atom. The van der Waals surface area contributed by atoms with Gasteiger partial charge in [0.15, 0.2) is 22.3 Å². The Labute approximate surface area is 216 Å². The highest BCUT2D eigenvalue weighted by molar-refractivity contribution is 7.98. The van der Waals surface area contributed by atoms with E-state index in [9.17, 15) is 4.79 Å². The first-order valence-corrected chi connectivity index (χ1v) is 13.5. The Kier molecular flexibility index (Phi) is 10.0. The SMILES string of the molecule is CCOc1cc(C(=O)NCCn2ncc3c(NCC(C)C)nc(SC)nc32)cc(OCC)c1OCC. The summed E-state index contributed by atoms with van der Waals surface area (Å²) in [5, 5.41) is 12.4. The van der Waals surface area contributed by atoms with Gasteiger partial charge in [-0.1, -0.05) is 25.6 Å². The van der Waals surface area contributed by atoms with Crippen molar-refractivity contribution in [2.75, 3.05) is 44.5 Å². The van der Waals surface area contributed by atoms with Crippen molar-refractivity contribution in [2.45, 2.75) is 46.3 Å². The number of hydrogen-bond donors (Lipinski definition) is 2. The number of nitrogens with zero attached hydrogens (tertiary/aromatic N) is 4. The number of ether oxygens (including phenoxy) is 3.